The summed E-state index contributed by atoms with van der Waals surface area (Å²) in [5.74, 6) is 1.00. The molecule has 1 heterocycles. The van der Waals surface area contributed by atoms with Gasteiger partial charge in [-0.15, -0.1) is 16.7 Å². The minimum atomic E-state index is 0.425. The third kappa shape index (κ3) is 2.25. The Balaban J connectivity index is 1.93. The predicted octanol–water partition coefficient (Wildman–Crippen LogP) is 3.60. The van der Waals surface area contributed by atoms with Gasteiger partial charge in [0.1, 0.15) is 5.69 Å². The molecule has 0 bridgehead atoms. The Labute approximate surface area is 116 Å². The van der Waals surface area contributed by atoms with Gasteiger partial charge < -0.3 is 0 Å². The lowest BCUT2D eigenvalue weighted by Gasteiger charge is -2.07. The van der Waals surface area contributed by atoms with E-state index in [1.165, 1.54) is 18.5 Å². The molecule has 0 aliphatic heterocycles. The number of nitrogens with zero attached hydrogens (tertiary/aromatic N) is 3. The number of benzene rings is 1. The SMILES string of the molecule is ClCc1nnn(Cc2ccccc2Cl)c1C1CC1. The van der Waals surface area contributed by atoms with E-state index >= 15 is 0 Å². The number of halogens is 2. The molecule has 0 unspecified atom stereocenters. The van der Waals surface area contributed by atoms with Crippen molar-refractivity contribution in [2.75, 3.05) is 0 Å². The molecule has 18 heavy (non-hydrogen) atoms. The van der Waals surface area contributed by atoms with Crippen LogP contribution in [-0.4, -0.2) is 15.0 Å². The minimum absolute atomic E-state index is 0.425. The maximum atomic E-state index is 6.17. The first-order chi connectivity index (χ1) is 8.79. The van der Waals surface area contributed by atoms with Crippen molar-refractivity contribution in [2.24, 2.45) is 0 Å². The van der Waals surface area contributed by atoms with Crippen LogP contribution < -0.4 is 0 Å². The molecule has 0 radical (unpaired) electrons. The summed E-state index contributed by atoms with van der Waals surface area (Å²) in [6, 6.07) is 7.82. The van der Waals surface area contributed by atoms with Gasteiger partial charge in [0, 0.05) is 10.9 Å². The van der Waals surface area contributed by atoms with Gasteiger partial charge in [-0.05, 0) is 24.5 Å². The second-order valence-electron chi connectivity index (χ2n) is 4.58. The quantitative estimate of drug-likeness (QED) is 0.802. The second kappa shape index (κ2) is 4.90. The zero-order chi connectivity index (χ0) is 12.5. The lowest BCUT2D eigenvalue weighted by molar-refractivity contribution is 0.619. The first-order valence-corrected chi connectivity index (χ1v) is 6.92. The number of alkyl halides is 1. The standard InChI is InChI=1S/C13H13Cl2N3/c14-7-12-13(9-5-6-9)18(17-16-12)8-10-3-1-2-4-11(10)15/h1-4,9H,5-8H2. The number of hydrogen-bond acceptors (Lipinski definition) is 2. The lowest BCUT2D eigenvalue weighted by atomic mass is 10.2. The van der Waals surface area contributed by atoms with Crippen LogP contribution in [-0.2, 0) is 12.4 Å². The molecule has 0 atom stereocenters. The van der Waals surface area contributed by atoms with Crippen molar-refractivity contribution in [3.05, 3.63) is 46.2 Å². The summed E-state index contributed by atoms with van der Waals surface area (Å²) in [6.07, 6.45) is 2.42. The van der Waals surface area contributed by atoms with E-state index in [1.807, 2.05) is 28.9 Å². The fourth-order valence-corrected chi connectivity index (χ4v) is 2.55. The Bertz CT molecular complexity index is 561. The number of aromatic nitrogens is 3. The molecule has 1 fully saturated rings. The lowest BCUT2D eigenvalue weighted by Crippen LogP contribution is -2.07. The number of hydrogen-bond donors (Lipinski definition) is 0. The fraction of sp³-hybridized carbons (Fsp3) is 0.385. The highest BCUT2D eigenvalue weighted by Crippen LogP contribution is 2.41. The minimum Gasteiger partial charge on any atom is -0.244 e. The van der Waals surface area contributed by atoms with Crippen LogP contribution >= 0.6 is 23.2 Å². The van der Waals surface area contributed by atoms with Crippen LogP contribution in [0.4, 0.5) is 0 Å². The Kier molecular flexibility index (Phi) is 3.27. The van der Waals surface area contributed by atoms with E-state index in [0.717, 1.165) is 16.3 Å². The Morgan fingerprint density at radius 3 is 2.72 bits per heavy atom. The molecule has 1 saturated carbocycles. The fourth-order valence-electron chi connectivity index (χ4n) is 2.16. The summed E-state index contributed by atoms with van der Waals surface area (Å²) in [4.78, 5) is 0. The van der Waals surface area contributed by atoms with Gasteiger partial charge in [0.2, 0.25) is 0 Å². The predicted molar refractivity (Wildman–Crippen MR) is 72.1 cm³/mol. The second-order valence-corrected chi connectivity index (χ2v) is 5.25. The Hall–Kier alpha value is -1.06. The Morgan fingerprint density at radius 2 is 2.06 bits per heavy atom. The van der Waals surface area contributed by atoms with Gasteiger partial charge in [0.15, 0.2) is 0 Å². The summed E-state index contributed by atoms with van der Waals surface area (Å²) >= 11 is 12.1. The summed E-state index contributed by atoms with van der Waals surface area (Å²) in [6.45, 7) is 0.662. The molecule has 1 aliphatic rings. The molecule has 3 rings (SSSR count). The monoisotopic (exact) mass is 281 g/mol. The number of rotatable bonds is 4. The normalized spacial score (nSPS) is 15.0. The van der Waals surface area contributed by atoms with E-state index in [4.69, 9.17) is 23.2 Å². The van der Waals surface area contributed by atoms with Crippen LogP contribution in [0.3, 0.4) is 0 Å². The molecule has 5 heteroatoms. The summed E-state index contributed by atoms with van der Waals surface area (Å²) < 4.78 is 1.94. The molecule has 1 aliphatic carbocycles. The maximum absolute atomic E-state index is 6.17. The van der Waals surface area contributed by atoms with Crippen LogP contribution in [0, 0.1) is 0 Å². The molecule has 2 aromatic rings. The van der Waals surface area contributed by atoms with E-state index in [9.17, 15) is 0 Å². The van der Waals surface area contributed by atoms with Crippen molar-refractivity contribution < 1.29 is 0 Å². The Morgan fingerprint density at radius 1 is 1.28 bits per heavy atom. The molecule has 0 spiro atoms. The summed E-state index contributed by atoms with van der Waals surface area (Å²) in [5, 5.41) is 9.13. The first kappa shape index (κ1) is 12.0. The molecular weight excluding hydrogens is 269 g/mol. The molecule has 3 nitrogen and oxygen atoms in total. The molecule has 0 N–H and O–H groups in total. The van der Waals surface area contributed by atoms with Crippen LogP contribution in [0.5, 0.6) is 0 Å². The average Bonchev–Trinajstić information content (AvgIpc) is 3.14. The van der Waals surface area contributed by atoms with Crippen LogP contribution in [0.15, 0.2) is 24.3 Å². The van der Waals surface area contributed by atoms with Gasteiger partial charge >= 0.3 is 0 Å². The molecule has 94 valence electrons. The molecule has 0 saturated heterocycles. The highest BCUT2D eigenvalue weighted by Gasteiger charge is 2.31. The van der Waals surface area contributed by atoms with E-state index in [1.54, 1.807) is 0 Å². The smallest absolute Gasteiger partial charge is 0.101 e. The molecular formula is C13H13Cl2N3. The van der Waals surface area contributed by atoms with E-state index in [2.05, 4.69) is 10.3 Å². The van der Waals surface area contributed by atoms with Gasteiger partial charge in [-0.25, -0.2) is 4.68 Å². The topological polar surface area (TPSA) is 30.7 Å². The van der Waals surface area contributed by atoms with Crippen molar-refractivity contribution in [3.8, 4) is 0 Å². The highest BCUT2D eigenvalue weighted by atomic mass is 35.5. The summed E-state index contributed by atoms with van der Waals surface area (Å²) in [5.41, 5.74) is 3.16. The molecule has 1 aromatic carbocycles. The van der Waals surface area contributed by atoms with Crippen molar-refractivity contribution in [2.45, 2.75) is 31.2 Å². The van der Waals surface area contributed by atoms with Crippen LogP contribution in [0.25, 0.3) is 0 Å². The van der Waals surface area contributed by atoms with Crippen molar-refractivity contribution >= 4 is 23.2 Å². The zero-order valence-electron chi connectivity index (χ0n) is 9.81. The van der Waals surface area contributed by atoms with Gasteiger partial charge in [-0.2, -0.15) is 0 Å². The summed E-state index contributed by atoms with van der Waals surface area (Å²) in [7, 11) is 0. The van der Waals surface area contributed by atoms with Crippen molar-refractivity contribution in [1.29, 1.82) is 0 Å². The maximum Gasteiger partial charge on any atom is 0.101 e. The van der Waals surface area contributed by atoms with E-state index in [0.29, 0.717) is 18.3 Å². The van der Waals surface area contributed by atoms with Gasteiger partial charge in [-0.1, -0.05) is 35.0 Å². The van der Waals surface area contributed by atoms with E-state index < -0.39 is 0 Å². The first-order valence-electron chi connectivity index (χ1n) is 6.01. The largest absolute Gasteiger partial charge is 0.244 e. The highest BCUT2D eigenvalue weighted by molar-refractivity contribution is 6.31. The average molecular weight is 282 g/mol. The van der Waals surface area contributed by atoms with E-state index in [-0.39, 0.29) is 0 Å². The van der Waals surface area contributed by atoms with Crippen molar-refractivity contribution in [1.82, 2.24) is 15.0 Å². The molecule has 0 amide bonds. The third-order valence-corrected chi connectivity index (χ3v) is 3.84. The van der Waals surface area contributed by atoms with Crippen LogP contribution in [0.1, 0.15) is 35.7 Å². The van der Waals surface area contributed by atoms with Crippen LogP contribution in [0.2, 0.25) is 5.02 Å². The third-order valence-electron chi connectivity index (χ3n) is 3.22. The van der Waals surface area contributed by atoms with Gasteiger partial charge in [0.05, 0.1) is 18.1 Å². The zero-order valence-corrected chi connectivity index (χ0v) is 11.3. The van der Waals surface area contributed by atoms with Crippen molar-refractivity contribution in [3.63, 3.8) is 0 Å². The van der Waals surface area contributed by atoms with Gasteiger partial charge in [-0.3, -0.25) is 0 Å². The molecule has 1 aromatic heterocycles. The van der Waals surface area contributed by atoms with Gasteiger partial charge in [0.25, 0.3) is 0 Å².